The summed E-state index contributed by atoms with van der Waals surface area (Å²) in [6.07, 6.45) is 0.423. The summed E-state index contributed by atoms with van der Waals surface area (Å²) in [4.78, 5) is 19.4. The van der Waals surface area contributed by atoms with Crippen molar-refractivity contribution in [3.05, 3.63) is 59.4 Å². The SMILES string of the molecule is C=C(Br)Cn1c(C2CC(=O)N(c3ccc4c(c3)OCO4)C2)nc2ccccc21. The van der Waals surface area contributed by atoms with E-state index >= 15 is 0 Å². The number of imidazole rings is 1. The Labute approximate surface area is 170 Å². The molecule has 0 radical (unpaired) electrons. The first-order chi connectivity index (χ1) is 13.6. The van der Waals surface area contributed by atoms with Crippen molar-refractivity contribution in [2.45, 2.75) is 18.9 Å². The van der Waals surface area contributed by atoms with Crippen molar-refractivity contribution in [1.82, 2.24) is 9.55 Å². The number of hydrogen-bond donors (Lipinski definition) is 0. The first kappa shape index (κ1) is 17.3. The molecular weight excluding hydrogens is 422 g/mol. The molecule has 1 aromatic heterocycles. The van der Waals surface area contributed by atoms with Crippen molar-refractivity contribution < 1.29 is 14.3 Å². The molecule has 1 fully saturated rings. The van der Waals surface area contributed by atoms with Crippen LogP contribution in [0.3, 0.4) is 0 Å². The van der Waals surface area contributed by atoms with Gasteiger partial charge in [-0.05, 0) is 24.3 Å². The molecule has 0 N–H and O–H groups in total. The molecule has 0 bridgehead atoms. The van der Waals surface area contributed by atoms with Crippen LogP contribution in [0.2, 0.25) is 0 Å². The number of amides is 1. The second-order valence-electron chi connectivity index (χ2n) is 7.01. The zero-order chi connectivity index (χ0) is 19.3. The predicted octanol–water partition coefficient (Wildman–Crippen LogP) is 4.19. The van der Waals surface area contributed by atoms with E-state index in [0.717, 1.165) is 27.0 Å². The van der Waals surface area contributed by atoms with E-state index in [1.165, 1.54) is 0 Å². The molecule has 2 aromatic carbocycles. The van der Waals surface area contributed by atoms with Gasteiger partial charge in [0.1, 0.15) is 5.82 Å². The highest BCUT2D eigenvalue weighted by molar-refractivity contribution is 9.11. The number of halogens is 1. The fourth-order valence-corrected chi connectivity index (χ4v) is 4.18. The van der Waals surface area contributed by atoms with Gasteiger partial charge in [-0.2, -0.15) is 0 Å². The molecule has 0 spiro atoms. The van der Waals surface area contributed by atoms with Crippen LogP contribution < -0.4 is 14.4 Å². The number of anilines is 1. The fourth-order valence-electron chi connectivity index (χ4n) is 3.93. The molecule has 1 saturated heterocycles. The summed E-state index contributed by atoms with van der Waals surface area (Å²) in [5.74, 6) is 2.40. The molecule has 1 unspecified atom stereocenters. The van der Waals surface area contributed by atoms with E-state index in [0.29, 0.717) is 31.0 Å². The lowest BCUT2D eigenvalue weighted by atomic mass is 10.1. The van der Waals surface area contributed by atoms with Crippen LogP contribution in [0.1, 0.15) is 18.2 Å². The Hall–Kier alpha value is -2.80. The first-order valence-corrected chi connectivity index (χ1v) is 9.88. The number of para-hydroxylation sites is 2. The minimum atomic E-state index is 0.0113. The molecule has 142 valence electrons. The van der Waals surface area contributed by atoms with Gasteiger partial charge in [0.2, 0.25) is 12.7 Å². The van der Waals surface area contributed by atoms with Crippen LogP contribution in [0.15, 0.2) is 53.5 Å². The van der Waals surface area contributed by atoms with Gasteiger partial charge in [0.05, 0.1) is 17.6 Å². The summed E-state index contributed by atoms with van der Waals surface area (Å²) >= 11 is 3.47. The van der Waals surface area contributed by atoms with E-state index in [-0.39, 0.29) is 18.6 Å². The van der Waals surface area contributed by atoms with Crippen LogP contribution in [0.5, 0.6) is 11.5 Å². The quantitative estimate of drug-likeness (QED) is 0.611. The average molecular weight is 440 g/mol. The Morgan fingerprint density at radius 2 is 2.04 bits per heavy atom. The van der Waals surface area contributed by atoms with Crippen molar-refractivity contribution in [3.8, 4) is 11.5 Å². The number of fused-ring (bicyclic) bond motifs is 2. The fraction of sp³-hybridized carbons (Fsp3) is 0.238. The van der Waals surface area contributed by atoms with Crippen molar-refractivity contribution in [2.75, 3.05) is 18.2 Å². The van der Waals surface area contributed by atoms with Crippen LogP contribution >= 0.6 is 15.9 Å². The molecule has 28 heavy (non-hydrogen) atoms. The van der Waals surface area contributed by atoms with E-state index in [1.54, 1.807) is 4.90 Å². The Morgan fingerprint density at radius 3 is 2.89 bits per heavy atom. The molecule has 2 aliphatic rings. The smallest absolute Gasteiger partial charge is 0.231 e. The van der Waals surface area contributed by atoms with Crippen LogP contribution in [0.4, 0.5) is 5.69 Å². The van der Waals surface area contributed by atoms with Gasteiger partial charge in [0.25, 0.3) is 0 Å². The summed E-state index contributed by atoms with van der Waals surface area (Å²) in [5.41, 5.74) is 2.80. The number of allylic oxidation sites excluding steroid dienone is 1. The number of rotatable bonds is 4. The van der Waals surface area contributed by atoms with Gasteiger partial charge in [-0.3, -0.25) is 4.79 Å². The van der Waals surface area contributed by atoms with Crippen LogP contribution in [-0.2, 0) is 11.3 Å². The maximum atomic E-state index is 12.8. The lowest BCUT2D eigenvalue weighted by Crippen LogP contribution is -2.24. The van der Waals surface area contributed by atoms with Crippen LogP contribution in [-0.4, -0.2) is 28.8 Å². The molecule has 2 aliphatic heterocycles. The maximum Gasteiger partial charge on any atom is 0.231 e. The molecule has 0 aliphatic carbocycles. The summed E-state index contributed by atoms with van der Waals surface area (Å²) in [7, 11) is 0. The number of nitrogens with zero attached hydrogens (tertiary/aromatic N) is 3. The van der Waals surface area contributed by atoms with Gasteiger partial charge in [0.15, 0.2) is 11.5 Å². The summed E-state index contributed by atoms with van der Waals surface area (Å²) < 4.78 is 13.8. The Balaban J connectivity index is 1.50. The van der Waals surface area contributed by atoms with Crippen LogP contribution in [0.25, 0.3) is 11.0 Å². The van der Waals surface area contributed by atoms with Gasteiger partial charge in [-0.25, -0.2) is 4.98 Å². The molecule has 5 rings (SSSR count). The molecular formula is C21H18BrN3O3. The van der Waals surface area contributed by atoms with Crippen LogP contribution in [0, 0.1) is 0 Å². The molecule has 3 aromatic rings. The van der Waals surface area contributed by atoms with E-state index in [2.05, 4.69) is 27.1 Å². The van der Waals surface area contributed by atoms with Gasteiger partial charge >= 0.3 is 0 Å². The predicted molar refractivity (Wildman–Crippen MR) is 110 cm³/mol. The summed E-state index contributed by atoms with van der Waals surface area (Å²) in [5, 5.41) is 0. The second kappa shape index (κ2) is 6.67. The molecule has 6 nitrogen and oxygen atoms in total. The van der Waals surface area contributed by atoms with Crippen molar-refractivity contribution in [3.63, 3.8) is 0 Å². The molecule has 0 saturated carbocycles. The molecule has 3 heterocycles. The zero-order valence-corrected chi connectivity index (χ0v) is 16.7. The van der Waals surface area contributed by atoms with E-state index in [1.807, 2.05) is 42.5 Å². The second-order valence-corrected chi connectivity index (χ2v) is 8.13. The normalized spacial score (nSPS) is 18.2. The minimum absolute atomic E-state index is 0.0113. The largest absolute Gasteiger partial charge is 0.454 e. The number of carbonyl (C=O) groups excluding carboxylic acids is 1. The van der Waals surface area contributed by atoms with Crippen molar-refractivity contribution in [2.24, 2.45) is 0 Å². The van der Waals surface area contributed by atoms with Crippen molar-refractivity contribution >= 4 is 38.6 Å². The third-order valence-electron chi connectivity index (χ3n) is 5.17. The Kier molecular flexibility index (Phi) is 4.12. The average Bonchev–Trinajstić information content (AvgIpc) is 3.38. The number of ether oxygens (including phenoxy) is 2. The minimum Gasteiger partial charge on any atom is -0.454 e. The third kappa shape index (κ3) is 2.86. The third-order valence-corrected chi connectivity index (χ3v) is 5.42. The van der Waals surface area contributed by atoms with Gasteiger partial charge < -0.3 is 18.9 Å². The highest BCUT2D eigenvalue weighted by Crippen LogP contribution is 2.39. The topological polar surface area (TPSA) is 56.6 Å². The maximum absolute atomic E-state index is 12.8. The Bertz CT molecular complexity index is 1110. The number of benzene rings is 2. The van der Waals surface area contributed by atoms with E-state index in [9.17, 15) is 4.79 Å². The summed E-state index contributed by atoms with van der Waals surface area (Å²) in [6, 6.07) is 13.6. The molecule has 1 amide bonds. The number of aromatic nitrogens is 2. The van der Waals surface area contributed by atoms with E-state index < -0.39 is 0 Å². The number of hydrogen-bond acceptors (Lipinski definition) is 4. The number of carbonyl (C=O) groups is 1. The highest BCUT2D eigenvalue weighted by Gasteiger charge is 2.35. The Morgan fingerprint density at radius 1 is 1.21 bits per heavy atom. The lowest BCUT2D eigenvalue weighted by Gasteiger charge is -2.18. The standard InChI is InChI=1S/C21H18BrN3O3/c1-13(22)10-25-17-5-3-2-4-16(17)23-21(25)14-8-20(26)24(11-14)15-6-7-18-19(9-15)28-12-27-18/h2-7,9,14H,1,8,10-12H2. The monoisotopic (exact) mass is 439 g/mol. The zero-order valence-electron chi connectivity index (χ0n) is 15.1. The van der Waals surface area contributed by atoms with E-state index in [4.69, 9.17) is 14.5 Å². The van der Waals surface area contributed by atoms with Gasteiger partial charge in [-0.15, -0.1) is 0 Å². The molecule has 1 atom stereocenters. The van der Waals surface area contributed by atoms with Gasteiger partial charge in [-0.1, -0.05) is 34.6 Å². The van der Waals surface area contributed by atoms with Gasteiger partial charge in [0, 0.05) is 35.1 Å². The highest BCUT2D eigenvalue weighted by atomic mass is 79.9. The summed E-state index contributed by atoms with van der Waals surface area (Å²) in [6.45, 7) is 5.39. The first-order valence-electron chi connectivity index (χ1n) is 9.08. The molecule has 7 heteroatoms. The lowest BCUT2D eigenvalue weighted by molar-refractivity contribution is -0.117. The van der Waals surface area contributed by atoms with Crippen molar-refractivity contribution in [1.29, 1.82) is 0 Å².